The van der Waals surface area contributed by atoms with Gasteiger partial charge in [0.25, 0.3) is 0 Å². The van der Waals surface area contributed by atoms with Crippen molar-refractivity contribution in [2.24, 2.45) is 0 Å². The normalized spacial score (nSPS) is 14.2. The lowest BCUT2D eigenvalue weighted by Gasteiger charge is -2.39. The van der Waals surface area contributed by atoms with Crippen molar-refractivity contribution in [2.45, 2.75) is 109 Å². The van der Waals surface area contributed by atoms with E-state index >= 15 is 0 Å². The molecule has 0 heterocycles. The minimum absolute atomic E-state index is 0.0112. The summed E-state index contributed by atoms with van der Waals surface area (Å²) in [5.74, 6) is -1.69. The van der Waals surface area contributed by atoms with E-state index in [9.17, 15) is 24.3 Å². The second-order valence-corrected chi connectivity index (χ2v) is 19.5. The second kappa shape index (κ2) is 16.5. The number of urea groups is 1. The van der Waals surface area contributed by atoms with Gasteiger partial charge in [-0.25, -0.2) is 14.4 Å². The summed E-state index contributed by atoms with van der Waals surface area (Å²) in [7, 11) is -2.24. The van der Waals surface area contributed by atoms with Crippen molar-refractivity contribution in [3.05, 3.63) is 59.7 Å². The predicted molar refractivity (Wildman–Crippen MR) is 187 cm³/mol. The van der Waals surface area contributed by atoms with Gasteiger partial charge in [-0.15, -0.1) is 0 Å². The summed E-state index contributed by atoms with van der Waals surface area (Å²) in [5.41, 5.74) is 3.72. The van der Waals surface area contributed by atoms with Crippen molar-refractivity contribution in [1.29, 1.82) is 0 Å². The number of esters is 1. The van der Waals surface area contributed by atoms with Gasteiger partial charge in [-0.3, -0.25) is 4.79 Å². The van der Waals surface area contributed by atoms with Gasteiger partial charge in [0.1, 0.15) is 18.2 Å². The number of carbonyl (C=O) groups excluding carboxylic acids is 3. The molecule has 0 saturated carbocycles. The van der Waals surface area contributed by atoms with Gasteiger partial charge < -0.3 is 35.0 Å². The number of nitrogens with one attached hydrogen (secondary N) is 3. The first-order valence-electron chi connectivity index (χ1n) is 16.6. The molecule has 3 amide bonds. The zero-order valence-electron chi connectivity index (χ0n) is 29.6. The molecule has 1 aliphatic rings. The van der Waals surface area contributed by atoms with Gasteiger partial charge in [0, 0.05) is 19.0 Å². The monoisotopic (exact) mass is 683 g/mol. The number of aliphatic carboxylic acids is 1. The molecule has 0 radical (unpaired) electrons. The number of unbranched alkanes of at least 4 members (excludes halogenated alkanes) is 1. The number of rotatable bonds is 15. The van der Waals surface area contributed by atoms with Crippen LogP contribution in [0.2, 0.25) is 18.1 Å². The lowest BCUT2D eigenvalue weighted by molar-refractivity contribution is -0.156. The molecule has 0 unspecified atom stereocenters. The third kappa shape index (κ3) is 11.4. The summed E-state index contributed by atoms with van der Waals surface area (Å²) in [5, 5.41) is 17.6. The number of hydrogen-bond acceptors (Lipinski definition) is 7. The number of amides is 3. The Kier molecular flexibility index (Phi) is 13.2. The summed E-state index contributed by atoms with van der Waals surface area (Å²) in [4.78, 5) is 49.6. The highest BCUT2D eigenvalue weighted by atomic mass is 28.4. The minimum atomic E-state index is -2.24. The Bertz CT molecular complexity index is 1390. The van der Waals surface area contributed by atoms with Gasteiger partial charge in [0.2, 0.25) is 0 Å². The van der Waals surface area contributed by atoms with Crippen molar-refractivity contribution in [3.8, 4) is 11.1 Å². The molecular weight excluding hydrogens is 630 g/mol. The molecule has 0 spiro atoms. The Balaban J connectivity index is 1.42. The Morgan fingerprint density at radius 2 is 1.46 bits per heavy atom. The molecule has 0 aromatic heterocycles. The second-order valence-electron chi connectivity index (χ2n) is 14.8. The molecule has 1 aliphatic carbocycles. The molecule has 264 valence electrons. The van der Waals surface area contributed by atoms with Gasteiger partial charge in [0.15, 0.2) is 8.32 Å². The highest BCUT2D eigenvalue weighted by Crippen LogP contribution is 2.44. The Hall–Kier alpha value is -3.90. The lowest BCUT2D eigenvalue weighted by Crippen LogP contribution is -2.49. The van der Waals surface area contributed by atoms with E-state index in [-0.39, 0.29) is 36.9 Å². The van der Waals surface area contributed by atoms with E-state index in [4.69, 9.17) is 13.9 Å². The van der Waals surface area contributed by atoms with Crippen LogP contribution in [0.4, 0.5) is 9.59 Å². The van der Waals surface area contributed by atoms with Crippen LogP contribution in [-0.4, -0.2) is 74.9 Å². The molecule has 11 nitrogen and oxygen atoms in total. The number of hydrogen-bond donors (Lipinski definition) is 4. The molecule has 0 saturated heterocycles. The van der Waals surface area contributed by atoms with E-state index in [2.05, 4.69) is 49.8 Å². The highest BCUT2D eigenvalue weighted by molar-refractivity contribution is 6.74. The van der Waals surface area contributed by atoms with Crippen molar-refractivity contribution in [3.63, 3.8) is 0 Å². The zero-order chi connectivity index (χ0) is 35.7. The number of ether oxygens (including phenoxy) is 2. The third-order valence-electron chi connectivity index (χ3n) is 8.71. The molecule has 0 aliphatic heterocycles. The molecule has 4 N–H and O–H groups in total. The van der Waals surface area contributed by atoms with E-state index in [1.54, 1.807) is 20.8 Å². The first-order chi connectivity index (χ1) is 22.4. The number of benzene rings is 2. The van der Waals surface area contributed by atoms with Gasteiger partial charge in [0.05, 0.1) is 12.5 Å². The van der Waals surface area contributed by atoms with E-state index in [0.29, 0.717) is 19.4 Å². The van der Waals surface area contributed by atoms with Crippen LogP contribution in [0, 0.1) is 0 Å². The van der Waals surface area contributed by atoms with Crippen LogP contribution in [0.15, 0.2) is 48.5 Å². The molecule has 2 atom stereocenters. The fourth-order valence-corrected chi connectivity index (χ4v) is 6.66. The van der Waals surface area contributed by atoms with Gasteiger partial charge >= 0.3 is 24.1 Å². The average molecular weight is 684 g/mol. The van der Waals surface area contributed by atoms with Crippen LogP contribution in [-0.2, 0) is 23.5 Å². The molecule has 3 rings (SSSR count). The van der Waals surface area contributed by atoms with Gasteiger partial charge in [-0.1, -0.05) is 69.3 Å². The number of carbonyl (C=O) groups is 4. The average Bonchev–Trinajstić information content (AvgIpc) is 3.29. The van der Waals surface area contributed by atoms with Gasteiger partial charge in [-0.05, 0) is 80.4 Å². The lowest BCUT2D eigenvalue weighted by atomic mass is 9.98. The van der Waals surface area contributed by atoms with Gasteiger partial charge in [-0.2, -0.15) is 0 Å². The summed E-state index contributed by atoms with van der Waals surface area (Å²) >= 11 is 0. The van der Waals surface area contributed by atoms with Crippen LogP contribution in [0.5, 0.6) is 0 Å². The fraction of sp³-hybridized carbons (Fsp3) is 0.556. The quantitative estimate of drug-likeness (QED) is 0.0935. The number of alkyl carbamates (subject to hydrolysis) is 1. The summed E-state index contributed by atoms with van der Waals surface area (Å²) in [6, 6.07) is 14.4. The molecule has 2 aromatic rings. The minimum Gasteiger partial charge on any atom is -0.480 e. The van der Waals surface area contributed by atoms with E-state index in [0.717, 1.165) is 22.3 Å². The van der Waals surface area contributed by atoms with Crippen LogP contribution in [0.25, 0.3) is 11.1 Å². The van der Waals surface area contributed by atoms with Crippen LogP contribution >= 0.6 is 0 Å². The van der Waals surface area contributed by atoms with Crippen LogP contribution in [0.3, 0.4) is 0 Å². The first kappa shape index (κ1) is 38.5. The Labute approximate surface area is 285 Å². The number of carboxylic acid groups (broad SMARTS) is 1. The molecular formula is C36H53N3O8Si. The Morgan fingerprint density at radius 1 is 0.875 bits per heavy atom. The topological polar surface area (TPSA) is 152 Å². The zero-order valence-corrected chi connectivity index (χ0v) is 30.6. The largest absolute Gasteiger partial charge is 0.480 e. The van der Waals surface area contributed by atoms with Crippen LogP contribution in [0.1, 0.15) is 84.3 Å². The summed E-state index contributed by atoms with van der Waals surface area (Å²) in [6.07, 6.45) is -0.227. The Morgan fingerprint density at radius 3 is 2.00 bits per heavy atom. The first-order valence-corrected chi connectivity index (χ1v) is 19.5. The van der Waals surface area contributed by atoms with E-state index in [1.807, 2.05) is 48.5 Å². The predicted octanol–water partition coefficient (Wildman–Crippen LogP) is 6.57. The number of carboxylic acids is 1. The summed E-state index contributed by atoms with van der Waals surface area (Å²) < 4.78 is 17.4. The van der Waals surface area contributed by atoms with Crippen molar-refractivity contribution < 1.29 is 38.2 Å². The smallest absolute Gasteiger partial charge is 0.407 e. The highest BCUT2D eigenvalue weighted by Gasteiger charge is 2.40. The fourth-order valence-electron chi connectivity index (χ4n) is 5.30. The molecule has 48 heavy (non-hydrogen) atoms. The third-order valence-corrected chi connectivity index (χ3v) is 13.2. The standard InChI is InChI=1S/C36H53N3O8Si/c1-35(2,3)46-31(40)21-24(47-48(7,8)36(4,5)6)22-38-33(43)37-20-14-13-19-30(32(41)42)39-34(44)45-23-29-27-17-11-9-15-25(27)26-16-10-12-18-28(26)29/h9-12,15-18,24,29-30H,13-14,19-23H2,1-8H3,(H,39,44)(H,41,42)(H2,37,38,43)/t24-,30-/m0/s1. The SMILES string of the molecule is CC(C)(C)OC(=O)C[C@@H](CNC(=O)NCCCC[C@H](NC(=O)OCC1c2ccccc2-c2ccccc21)C(=O)O)O[Si](C)(C)C(C)(C)C. The van der Waals surface area contributed by atoms with E-state index < -0.39 is 50.1 Å². The maximum absolute atomic E-state index is 12.6. The molecule has 12 heteroatoms. The maximum atomic E-state index is 12.6. The van der Waals surface area contributed by atoms with Crippen molar-refractivity contribution in [1.82, 2.24) is 16.0 Å². The summed E-state index contributed by atoms with van der Waals surface area (Å²) in [6.45, 7) is 16.4. The molecule has 2 aromatic carbocycles. The van der Waals surface area contributed by atoms with Crippen LogP contribution < -0.4 is 16.0 Å². The maximum Gasteiger partial charge on any atom is 0.407 e. The molecule has 0 bridgehead atoms. The van der Waals surface area contributed by atoms with Crippen molar-refractivity contribution >= 4 is 32.4 Å². The number of fused-ring (bicyclic) bond motifs is 3. The van der Waals surface area contributed by atoms with E-state index in [1.165, 1.54) is 0 Å². The van der Waals surface area contributed by atoms with Crippen molar-refractivity contribution in [2.75, 3.05) is 19.7 Å². The molecule has 0 fully saturated rings.